The maximum atomic E-state index is 13.6. The van der Waals surface area contributed by atoms with E-state index in [0.717, 1.165) is 42.4 Å². The van der Waals surface area contributed by atoms with Crippen molar-refractivity contribution in [2.24, 2.45) is 5.92 Å². The van der Waals surface area contributed by atoms with Gasteiger partial charge in [0.25, 0.3) is 0 Å². The van der Waals surface area contributed by atoms with Crippen LogP contribution in [0.1, 0.15) is 48.1 Å². The van der Waals surface area contributed by atoms with E-state index in [1.165, 1.54) is 0 Å². The predicted octanol–water partition coefficient (Wildman–Crippen LogP) is 4.92. The summed E-state index contributed by atoms with van der Waals surface area (Å²) in [7, 11) is -3.72. The number of imidazole rings is 1. The van der Waals surface area contributed by atoms with Crippen LogP contribution in [-0.4, -0.2) is 35.3 Å². The van der Waals surface area contributed by atoms with Gasteiger partial charge in [-0.2, -0.15) is 0 Å². The maximum Gasteiger partial charge on any atom is 0.228 e. The number of hydrogen-bond acceptors (Lipinski definition) is 4. The third kappa shape index (κ3) is 5.90. The van der Waals surface area contributed by atoms with Crippen LogP contribution in [0.2, 0.25) is 0 Å². The average Bonchev–Trinajstić information content (AvgIpc) is 3.52. The number of carbonyl (C=O) groups excluding carboxylic acids is 1. The molecule has 0 unspecified atom stereocenters. The molecule has 35 heavy (non-hydrogen) atoms. The fourth-order valence-corrected chi connectivity index (χ4v) is 6.35. The van der Waals surface area contributed by atoms with E-state index < -0.39 is 9.84 Å². The molecular formula is C28H33N3O3S. The van der Waals surface area contributed by atoms with E-state index in [9.17, 15) is 13.2 Å². The quantitative estimate of drug-likeness (QED) is 0.378. The van der Waals surface area contributed by atoms with Gasteiger partial charge in [-0.1, -0.05) is 73.5 Å². The molecule has 3 aromatic rings. The number of aryl methyl sites for hydroxylation is 1. The summed E-state index contributed by atoms with van der Waals surface area (Å²) in [5.41, 5.74) is 3.35. The van der Waals surface area contributed by atoms with Gasteiger partial charge in [-0.15, -0.1) is 6.58 Å². The Bertz CT molecular complexity index is 1280. The minimum Gasteiger partial charge on any atom is -0.333 e. The Labute approximate surface area is 208 Å². The lowest BCUT2D eigenvalue weighted by Gasteiger charge is -2.25. The smallest absolute Gasteiger partial charge is 0.228 e. The fourth-order valence-electron chi connectivity index (χ4n) is 4.76. The van der Waals surface area contributed by atoms with Crippen LogP contribution in [0.3, 0.4) is 0 Å². The molecule has 0 bridgehead atoms. The summed E-state index contributed by atoms with van der Waals surface area (Å²) in [4.78, 5) is 19.4. The molecule has 1 saturated carbocycles. The first-order valence-corrected chi connectivity index (χ1v) is 13.8. The van der Waals surface area contributed by atoms with E-state index in [-0.39, 0.29) is 22.7 Å². The van der Waals surface area contributed by atoms with Gasteiger partial charge in [-0.05, 0) is 36.5 Å². The molecule has 0 N–H and O–H groups in total. The Morgan fingerprint density at radius 3 is 2.49 bits per heavy atom. The van der Waals surface area contributed by atoms with Crippen molar-refractivity contribution in [1.29, 1.82) is 0 Å². The molecule has 0 radical (unpaired) electrons. The number of sulfone groups is 1. The largest absolute Gasteiger partial charge is 0.333 e. The van der Waals surface area contributed by atoms with Crippen LogP contribution >= 0.6 is 0 Å². The second-order valence-corrected chi connectivity index (χ2v) is 11.2. The first-order valence-electron chi connectivity index (χ1n) is 12.1. The average molecular weight is 492 g/mol. The summed E-state index contributed by atoms with van der Waals surface area (Å²) in [6.45, 7) is 6.81. The minimum absolute atomic E-state index is 0.0321. The van der Waals surface area contributed by atoms with E-state index in [1.807, 2.05) is 61.5 Å². The highest BCUT2D eigenvalue weighted by atomic mass is 32.2. The zero-order chi connectivity index (χ0) is 24.8. The molecule has 1 aliphatic carbocycles. The standard InChI is InChI=1S/C28H33N3O3S/c1-3-17-30(27(32)24-14-9-10-15-24)20-26-18-29-28(31(26)19-23-12-5-4-6-13-23)35(33,34)21-25-16-8-7-11-22(25)2/h3-8,11-13,16,18,24H,1,9-10,14-15,17,19-21H2,2H3. The van der Waals surface area contributed by atoms with Gasteiger partial charge in [-0.25, -0.2) is 13.4 Å². The molecule has 184 valence electrons. The number of hydrogen-bond donors (Lipinski definition) is 0. The van der Waals surface area contributed by atoms with Crippen molar-refractivity contribution in [3.8, 4) is 0 Å². The second-order valence-electron chi connectivity index (χ2n) is 9.28. The summed E-state index contributed by atoms with van der Waals surface area (Å²) in [5.74, 6) is 0.0198. The lowest BCUT2D eigenvalue weighted by molar-refractivity contribution is -0.135. The molecule has 1 amide bonds. The van der Waals surface area contributed by atoms with Crippen LogP contribution in [0.15, 0.2) is 78.6 Å². The van der Waals surface area contributed by atoms with Gasteiger partial charge in [0.15, 0.2) is 0 Å². The van der Waals surface area contributed by atoms with Gasteiger partial charge in [0.1, 0.15) is 0 Å². The van der Waals surface area contributed by atoms with Gasteiger partial charge in [-0.3, -0.25) is 4.79 Å². The van der Waals surface area contributed by atoms with Crippen molar-refractivity contribution in [2.75, 3.05) is 6.54 Å². The molecule has 1 heterocycles. The van der Waals surface area contributed by atoms with Crippen molar-refractivity contribution in [3.63, 3.8) is 0 Å². The molecule has 0 aliphatic heterocycles. The van der Waals surface area contributed by atoms with Gasteiger partial charge < -0.3 is 9.47 Å². The van der Waals surface area contributed by atoms with Gasteiger partial charge >= 0.3 is 0 Å². The fraction of sp³-hybridized carbons (Fsp3) is 0.357. The second kappa shape index (κ2) is 11.0. The zero-order valence-electron chi connectivity index (χ0n) is 20.3. The summed E-state index contributed by atoms with van der Waals surface area (Å²) < 4.78 is 28.9. The topological polar surface area (TPSA) is 72.3 Å². The number of nitrogens with zero attached hydrogens (tertiary/aromatic N) is 3. The molecule has 1 aliphatic rings. The molecule has 0 saturated heterocycles. The first-order chi connectivity index (χ1) is 16.9. The summed E-state index contributed by atoms with van der Waals surface area (Å²) >= 11 is 0. The van der Waals surface area contributed by atoms with E-state index in [1.54, 1.807) is 21.7 Å². The van der Waals surface area contributed by atoms with E-state index in [2.05, 4.69) is 11.6 Å². The molecule has 7 heteroatoms. The molecule has 1 aromatic heterocycles. The molecule has 6 nitrogen and oxygen atoms in total. The SMILES string of the molecule is C=CCN(Cc1cnc(S(=O)(=O)Cc2ccccc2C)n1Cc1ccccc1)C(=O)C1CCCC1. The van der Waals surface area contributed by atoms with Crippen LogP contribution in [0.5, 0.6) is 0 Å². The van der Waals surface area contributed by atoms with Crippen molar-refractivity contribution >= 4 is 15.7 Å². The number of carbonyl (C=O) groups is 1. The van der Waals surface area contributed by atoms with E-state index >= 15 is 0 Å². The monoisotopic (exact) mass is 491 g/mol. The zero-order valence-corrected chi connectivity index (χ0v) is 21.1. The van der Waals surface area contributed by atoms with Gasteiger partial charge in [0.2, 0.25) is 20.9 Å². The van der Waals surface area contributed by atoms with Crippen LogP contribution in [0.4, 0.5) is 0 Å². The van der Waals surface area contributed by atoms with Crippen molar-refractivity contribution in [2.45, 2.75) is 56.6 Å². The summed E-state index contributed by atoms with van der Waals surface area (Å²) in [5, 5.41) is 0.0338. The molecule has 2 aromatic carbocycles. The summed E-state index contributed by atoms with van der Waals surface area (Å²) in [6, 6.07) is 17.2. The van der Waals surface area contributed by atoms with Crippen molar-refractivity contribution < 1.29 is 13.2 Å². The highest BCUT2D eigenvalue weighted by molar-refractivity contribution is 7.90. The van der Waals surface area contributed by atoms with Crippen molar-refractivity contribution in [3.05, 3.63) is 95.8 Å². The minimum atomic E-state index is -3.72. The molecule has 0 spiro atoms. The van der Waals surface area contributed by atoms with Crippen molar-refractivity contribution in [1.82, 2.24) is 14.5 Å². The lowest BCUT2D eigenvalue weighted by atomic mass is 10.1. The molecular weight excluding hydrogens is 458 g/mol. The first kappa shape index (κ1) is 24.9. The Hall–Kier alpha value is -3.19. The van der Waals surface area contributed by atoms with Gasteiger partial charge in [0.05, 0.1) is 30.7 Å². The molecule has 0 atom stereocenters. The van der Waals surface area contributed by atoms with E-state index in [0.29, 0.717) is 25.3 Å². The van der Waals surface area contributed by atoms with Crippen LogP contribution in [-0.2, 0) is 33.5 Å². The summed E-state index contributed by atoms with van der Waals surface area (Å²) in [6.07, 6.45) is 7.29. The molecule has 1 fully saturated rings. The highest BCUT2D eigenvalue weighted by Crippen LogP contribution is 2.28. The molecule has 4 rings (SSSR count). The van der Waals surface area contributed by atoms with Crippen LogP contribution in [0, 0.1) is 12.8 Å². The van der Waals surface area contributed by atoms with Crippen LogP contribution in [0.25, 0.3) is 0 Å². The van der Waals surface area contributed by atoms with E-state index in [4.69, 9.17) is 0 Å². The lowest BCUT2D eigenvalue weighted by Crippen LogP contribution is -2.35. The third-order valence-electron chi connectivity index (χ3n) is 6.69. The Kier molecular flexibility index (Phi) is 7.86. The Morgan fingerprint density at radius 1 is 1.11 bits per heavy atom. The number of benzene rings is 2. The normalized spacial score (nSPS) is 14.2. The number of amides is 1. The number of aromatic nitrogens is 2. The van der Waals surface area contributed by atoms with Crippen LogP contribution < -0.4 is 0 Å². The third-order valence-corrected chi connectivity index (χ3v) is 8.26. The van der Waals surface area contributed by atoms with Gasteiger partial charge in [0, 0.05) is 12.5 Å². The number of rotatable bonds is 10. The predicted molar refractivity (Wildman–Crippen MR) is 137 cm³/mol. The maximum absolute atomic E-state index is 13.6. The Morgan fingerprint density at radius 2 is 1.80 bits per heavy atom. The Balaban J connectivity index is 1.69. The highest BCUT2D eigenvalue weighted by Gasteiger charge is 2.29.